The normalized spacial score (nSPS) is 10.3. The van der Waals surface area contributed by atoms with E-state index in [1.54, 1.807) is 48.3 Å². The first-order valence-electron chi connectivity index (χ1n) is 7.63. The Kier molecular flexibility index (Phi) is 4.57. The summed E-state index contributed by atoms with van der Waals surface area (Å²) in [6.07, 6.45) is 3.22. The van der Waals surface area contributed by atoms with Gasteiger partial charge in [-0.05, 0) is 30.3 Å². The number of non-ortho nitro benzene ring substituents is 1. The number of carbonyl (C=O) groups excluding carboxylic acids is 2. The molecular weight excluding hydrogens is 336 g/mol. The topological polar surface area (TPSA) is 107 Å². The fourth-order valence-electron chi connectivity index (χ4n) is 2.38. The van der Waals surface area contributed by atoms with E-state index in [1.807, 2.05) is 0 Å². The highest BCUT2D eigenvalue weighted by atomic mass is 16.6. The van der Waals surface area contributed by atoms with E-state index in [9.17, 15) is 19.7 Å². The zero-order valence-electron chi connectivity index (χ0n) is 13.7. The van der Waals surface area contributed by atoms with Crippen LogP contribution in [0, 0.1) is 10.1 Å². The van der Waals surface area contributed by atoms with Crippen molar-refractivity contribution in [3.05, 3.63) is 88.0 Å². The number of nitro groups is 1. The molecule has 0 aliphatic heterocycles. The number of aryl methyl sites for hydroxylation is 1. The quantitative estimate of drug-likeness (QED) is 0.432. The van der Waals surface area contributed by atoms with E-state index in [-0.39, 0.29) is 17.0 Å². The highest BCUT2D eigenvalue weighted by Gasteiger charge is 2.15. The molecule has 0 aliphatic rings. The molecule has 8 nitrogen and oxygen atoms in total. The van der Waals surface area contributed by atoms with Crippen molar-refractivity contribution >= 4 is 23.1 Å². The molecule has 3 aromatic rings. The second kappa shape index (κ2) is 6.98. The minimum Gasteiger partial charge on any atom is -0.331 e. The van der Waals surface area contributed by atoms with Crippen LogP contribution in [0.15, 0.2) is 60.9 Å². The number of benzene rings is 2. The minimum atomic E-state index is -0.561. The molecule has 26 heavy (non-hydrogen) atoms. The number of rotatable bonds is 5. The molecule has 0 saturated heterocycles. The Hall–Kier alpha value is -3.81. The number of imidazole rings is 1. The van der Waals surface area contributed by atoms with Crippen molar-refractivity contribution in [2.45, 2.75) is 0 Å². The summed E-state index contributed by atoms with van der Waals surface area (Å²) in [4.78, 5) is 38.8. The number of nitrogens with one attached hydrogen (secondary N) is 1. The molecular formula is C18H14N4O4. The van der Waals surface area contributed by atoms with Crippen LogP contribution in [0.1, 0.15) is 26.5 Å². The van der Waals surface area contributed by atoms with Gasteiger partial charge in [0.25, 0.3) is 11.6 Å². The highest BCUT2D eigenvalue weighted by Crippen LogP contribution is 2.17. The van der Waals surface area contributed by atoms with Gasteiger partial charge in [0.05, 0.1) is 4.92 Å². The number of nitrogens with zero attached hydrogens (tertiary/aromatic N) is 3. The zero-order valence-corrected chi connectivity index (χ0v) is 13.7. The summed E-state index contributed by atoms with van der Waals surface area (Å²) < 4.78 is 1.63. The Balaban J connectivity index is 1.74. The Morgan fingerprint density at radius 1 is 1.12 bits per heavy atom. The van der Waals surface area contributed by atoms with E-state index in [0.717, 1.165) is 0 Å². The van der Waals surface area contributed by atoms with Crippen molar-refractivity contribution in [3.63, 3.8) is 0 Å². The first-order valence-corrected chi connectivity index (χ1v) is 7.63. The predicted octanol–water partition coefficient (Wildman–Crippen LogP) is 2.81. The summed E-state index contributed by atoms with van der Waals surface area (Å²) in [5.74, 6) is -0.385. The lowest BCUT2D eigenvalue weighted by molar-refractivity contribution is -0.384. The maximum Gasteiger partial charge on any atom is 0.270 e. The van der Waals surface area contributed by atoms with Crippen molar-refractivity contribution < 1.29 is 14.5 Å². The molecule has 0 aliphatic carbocycles. The van der Waals surface area contributed by atoms with E-state index in [2.05, 4.69) is 10.3 Å². The lowest BCUT2D eigenvalue weighted by Gasteiger charge is -2.06. The number of hydrogen-bond acceptors (Lipinski definition) is 5. The number of ketones is 1. The van der Waals surface area contributed by atoms with E-state index < -0.39 is 10.8 Å². The number of hydrogen-bond donors (Lipinski definition) is 1. The number of carbonyl (C=O) groups is 2. The fourth-order valence-corrected chi connectivity index (χ4v) is 2.38. The van der Waals surface area contributed by atoms with E-state index >= 15 is 0 Å². The molecule has 8 heteroatoms. The molecule has 0 radical (unpaired) electrons. The molecule has 2 aromatic carbocycles. The second-order valence-corrected chi connectivity index (χ2v) is 5.53. The summed E-state index contributed by atoms with van der Waals surface area (Å²) in [6, 6.07) is 11.8. The van der Waals surface area contributed by atoms with E-state index in [1.165, 1.54) is 24.3 Å². The molecule has 130 valence electrons. The molecule has 0 atom stereocenters. The van der Waals surface area contributed by atoms with Crippen LogP contribution in [-0.2, 0) is 7.05 Å². The molecule has 1 aromatic heterocycles. The largest absolute Gasteiger partial charge is 0.331 e. The monoisotopic (exact) mass is 350 g/mol. The summed E-state index contributed by atoms with van der Waals surface area (Å²) in [5, 5.41) is 13.4. The molecule has 0 fully saturated rings. The van der Waals surface area contributed by atoms with Crippen molar-refractivity contribution in [3.8, 4) is 0 Å². The van der Waals surface area contributed by atoms with Gasteiger partial charge in [-0.3, -0.25) is 19.7 Å². The van der Waals surface area contributed by atoms with Crippen LogP contribution < -0.4 is 5.32 Å². The Bertz CT molecular complexity index is 992. The Morgan fingerprint density at radius 3 is 2.46 bits per heavy atom. The van der Waals surface area contributed by atoms with Gasteiger partial charge in [-0.15, -0.1) is 0 Å². The lowest BCUT2D eigenvalue weighted by atomic mass is 10.1. The van der Waals surface area contributed by atoms with Crippen molar-refractivity contribution in [2.24, 2.45) is 7.05 Å². The van der Waals surface area contributed by atoms with Crippen LogP contribution >= 0.6 is 0 Å². The third-order valence-corrected chi connectivity index (χ3v) is 3.75. The van der Waals surface area contributed by atoms with Crippen LogP contribution in [0.2, 0.25) is 0 Å². The Labute approximate surface area is 148 Å². The SMILES string of the molecule is Cn1ccnc1C(=O)c1ccc(NC(=O)c2cccc([N+](=O)[O-])c2)cc1. The average molecular weight is 350 g/mol. The summed E-state index contributed by atoms with van der Waals surface area (Å²) in [7, 11) is 1.73. The summed E-state index contributed by atoms with van der Waals surface area (Å²) >= 11 is 0. The van der Waals surface area contributed by atoms with Gasteiger partial charge in [0.15, 0.2) is 5.82 Å². The smallest absolute Gasteiger partial charge is 0.270 e. The molecule has 1 amide bonds. The highest BCUT2D eigenvalue weighted by molar-refractivity contribution is 6.07. The molecule has 0 unspecified atom stereocenters. The first-order chi connectivity index (χ1) is 12.5. The second-order valence-electron chi connectivity index (χ2n) is 5.53. The fraction of sp³-hybridized carbons (Fsp3) is 0.0556. The molecule has 0 bridgehead atoms. The van der Waals surface area contributed by atoms with Crippen LogP contribution in [0.25, 0.3) is 0 Å². The molecule has 3 rings (SSSR count). The number of amides is 1. The van der Waals surface area contributed by atoms with Crippen LogP contribution in [0.5, 0.6) is 0 Å². The Morgan fingerprint density at radius 2 is 1.85 bits per heavy atom. The molecule has 1 N–H and O–H groups in total. The van der Waals surface area contributed by atoms with Crippen molar-refractivity contribution in [2.75, 3.05) is 5.32 Å². The summed E-state index contributed by atoms with van der Waals surface area (Å²) in [6.45, 7) is 0. The maximum atomic E-state index is 12.4. The van der Waals surface area contributed by atoms with Gasteiger partial charge in [-0.2, -0.15) is 0 Å². The standard InChI is InChI=1S/C18H14N4O4/c1-21-10-9-19-17(21)16(23)12-5-7-14(8-6-12)20-18(24)13-3-2-4-15(11-13)22(25)26/h2-11H,1H3,(H,20,24). The zero-order chi connectivity index (χ0) is 18.7. The van der Waals surface area contributed by atoms with E-state index in [0.29, 0.717) is 17.1 Å². The average Bonchev–Trinajstić information content (AvgIpc) is 3.07. The van der Waals surface area contributed by atoms with Gasteiger partial charge >= 0.3 is 0 Å². The van der Waals surface area contributed by atoms with Gasteiger partial charge < -0.3 is 9.88 Å². The maximum absolute atomic E-state index is 12.4. The number of nitro benzene ring substituents is 1. The third-order valence-electron chi connectivity index (χ3n) is 3.75. The van der Waals surface area contributed by atoms with Gasteiger partial charge in [0.2, 0.25) is 5.78 Å². The minimum absolute atomic E-state index is 0.159. The van der Waals surface area contributed by atoms with Crippen LogP contribution in [-0.4, -0.2) is 26.2 Å². The van der Waals surface area contributed by atoms with Gasteiger partial charge in [-0.1, -0.05) is 6.07 Å². The van der Waals surface area contributed by atoms with Gasteiger partial charge in [0.1, 0.15) is 0 Å². The van der Waals surface area contributed by atoms with Gasteiger partial charge in [0, 0.05) is 48.4 Å². The van der Waals surface area contributed by atoms with E-state index in [4.69, 9.17) is 0 Å². The molecule has 0 spiro atoms. The third kappa shape index (κ3) is 3.48. The first kappa shape index (κ1) is 17.0. The van der Waals surface area contributed by atoms with Crippen molar-refractivity contribution in [1.82, 2.24) is 9.55 Å². The lowest BCUT2D eigenvalue weighted by Crippen LogP contribution is -2.12. The van der Waals surface area contributed by atoms with Gasteiger partial charge in [-0.25, -0.2) is 4.98 Å². The van der Waals surface area contributed by atoms with Crippen LogP contribution in [0.4, 0.5) is 11.4 Å². The van der Waals surface area contributed by atoms with Crippen molar-refractivity contribution in [1.29, 1.82) is 0 Å². The molecule has 1 heterocycles. The number of anilines is 1. The van der Waals surface area contributed by atoms with Crippen LogP contribution in [0.3, 0.4) is 0 Å². The number of aromatic nitrogens is 2. The molecule has 0 saturated carbocycles. The predicted molar refractivity (Wildman–Crippen MR) is 94.1 cm³/mol. The summed E-state index contributed by atoms with van der Waals surface area (Å²) in [5.41, 5.74) is 0.923.